The number of benzene rings is 1. The molecule has 124 valence electrons. The molecule has 1 aromatic carbocycles. The van der Waals surface area contributed by atoms with Gasteiger partial charge in [-0.3, -0.25) is 4.79 Å². The molecule has 1 aliphatic rings. The van der Waals surface area contributed by atoms with Gasteiger partial charge in [-0.1, -0.05) is 32.0 Å². The molecule has 0 saturated carbocycles. The van der Waals surface area contributed by atoms with Gasteiger partial charge in [-0.05, 0) is 24.0 Å². The standard InChI is InChI=1S/C19H21N3OS/c1-12(2)19-18-15(14-5-3-4-6-16(14)21-18)7-8-22(19)17(23)9-13-10-24-11-20-13/h3-6,10-12,19,21H,7-9H2,1-2H3/t19-/m0/s1. The average Bonchev–Trinajstić information content (AvgIpc) is 3.20. The Balaban J connectivity index is 1.71. The summed E-state index contributed by atoms with van der Waals surface area (Å²) >= 11 is 1.54. The highest BCUT2D eigenvalue weighted by Crippen LogP contribution is 2.38. The molecule has 0 radical (unpaired) electrons. The Hall–Kier alpha value is -2.14. The average molecular weight is 339 g/mol. The minimum atomic E-state index is 0.104. The second-order valence-electron chi connectivity index (χ2n) is 6.75. The molecule has 0 aliphatic carbocycles. The van der Waals surface area contributed by atoms with Gasteiger partial charge >= 0.3 is 0 Å². The van der Waals surface area contributed by atoms with Crippen molar-refractivity contribution in [2.24, 2.45) is 5.92 Å². The molecular weight excluding hydrogens is 318 g/mol. The van der Waals surface area contributed by atoms with Gasteiger partial charge in [0, 0.05) is 28.5 Å². The summed E-state index contributed by atoms with van der Waals surface area (Å²) in [7, 11) is 0. The Morgan fingerprint density at radius 3 is 3.00 bits per heavy atom. The molecule has 24 heavy (non-hydrogen) atoms. The van der Waals surface area contributed by atoms with Crippen molar-refractivity contribution in [3.63, 3.8) is 0 Å². The summed E-state index contributed by atoms with van der Waals surface area (Å²) in [6.45, 7) is 5.16. The third-order valence-electron chi connectivity index (χ3n) is 4.85. The number of hydrogen-bond acceptors (Lipinski definition) is 3. The lowest BCUT2D eigenvalue weighted by molar-refractivity contribution is -0.134. The maximum absolute atomic E-state index is 12.9. The highest BCUT2D eigenvalue weighted by Gasteiger charge is 2.35. The number of para-hydroxylation sites is 1. The molecule has 1 atom stereocenters. The lowest BCUT2D eigenvalue weighted by Gasteiger charge is -2.38. The number of carbonyl (C=O) groups excluding carboxylic acids is 1. The fraction of sp³-hybridized carbons (Fsp3) is 0.368. The van der Waals surface area contributed by atoms with Crippen LogP contribution in [0, 0.1) is 5.92 Å². The fourth-order valence-corrected chi connectivity index (χ4v) is 4.38. The van der Waals surface area contributed by atoms with E-state index in [1.807, 2.05) is 10.3 Å². The van der Waals surface area contributed by atoms with Gasteiger partial charge < -0.3 is 9.88 Å². The van der Waals surface area contributed by atoms with E-state index >= 15 is 0 Å². The van der Waals surface area contributed by atoms with Crippen molar-refractivity contribution in [2.75, 3.05) is 6.54 Å². The summed E-state index contributed by atoms with van der Waals surface area (Å²) in [4.78, 5) is 22.8. The molecule has 3 heterocycles. The predicted molar refractivity (Wildman–Crippen MR) is 97.1 cm³/mol. The summed E-state index contributed by atoms with van der Waals surface area (Å²) < 4.78 is 0. The maximum atomic E-state index is 12.9. The van der Waals surface area contributed by atoms with Crippen molar-refractivity contribution in [2.45, 2.75) is 32.7 Å². The molecule has 4 nitrogen and oxygen atoms in total. The molecule has 0 fully saturated rings. The second kappa shape index (κ2) is 6.06. The van der Waals surface area contributed by atoms with E-state index in [4.69, 9.17) is 0 Å². The van der Waals surface area contributed by atoms with Crippen molar-refractivity contribution in [3.05, 3.63) is 52.1 Å². The summed E-state index contributed by atoms with van der Waals surface area (Å²) in [5.41, 5.74) is 6.41. The number of aromatic amines is 1. The van der Waals surface area contributed by atoms with E-state index < -0.39 is 0 Å². The predicted octanol–water partition coefficient (Wildman–Crippen LogP) is 3.95. The van der Waals surface area contributed by atoms with E-state index in [-0.39, 0.29) is 11.9 Å². The minimum absolute atomic E-state index is 0.104. The number of H-pyrrole nitrogens is 1. The van der Waals surface area contributed by atoms with Gasteiger partial charge in [0.1, 0.15) is 0 Å². The lowest BCUT2D eigenvalue weighted by atomic mass is 9.90. The number of rotatable bonds is 3. The topological polar surface area (TPSA) is 49.0 Å². The highest BCUT2D eigenvalue weighted by atomic mass is 32.1. The van der Waals surface area contributed by atoms with E-state index in [1.54, 1.807) is 5.51 Å². The molecule has 4 rings (SSSR count). The molecule has 0 saturated heterocycles. The van der Waals surface area contributed by atoms with Crippen molar-refractivity contribution >= 4 is 28.1 Å². The third-order valence-corrected chi connectivity index (χ3v) is 5.48. The first-order chi connectivity index (χ1) is 11.6. The molecule has 0 bridgehead atoms. The molecule has 0 unspecified atom stereocenters. The minimum Gasteiger partial charge on any atom is -0.356 e. The van der Waals surface area contributed by atoms with Crippen LogP contribution in [-0.4, -0.2) is 27.3 Å². The Morgan fingerprint density at radius 2 is 2.25 bits per heavy atom. The summed E-state index contributed by atoms with van der Waals surface area (Å²) in [6, 6.07) is 8.54. The van der Waals surface area contributed by atoms with Gasteiger partial charge in [-0.15, -0.1) is 11.3 Å². The number of carbonyl (C=O) groups is 1. The van der Waals surface area contributed by atoms with Crippen LogP contribution in [-0.2, 0) is 17.6 Å². The Labute approximate surface area is 145 Å². The van der Waals surface area contributed by atoms with Crippen LogP contribution in [0.15, 0.2) is 35.2 Å². The molecule has 1 amide bonds. The SMILES string of the molecule is CC(C)[C@H]1c2[nH]c3ccccc3c2CCN1C(=O)Cc1cscn1. The van der Waals surface area contributed by atoms with Crippen molar-refractivity contribution < 1.29 is 4.79 Å². The van der Waals surface area contributed by atoms with Gasteiger partial charge in [-0.2, -0.15) is 0 Å². The van der Waals surface area contributed by atoms with Gasteiger partial charge in [-0.25, -0.2) is 4.98 Å². The number of amides is 1. The molecule has 1 N–H and O–H groups in total. The van der Waals surface area contributed by atoms with Crippen LogP contribution in [0.5, 0.6) is 0 Å². The van der Waals surface area contributed by atoms with E-state index in [9.17, 15) is 4.79 Å². The summed E-state index contributed by atoms with van der Waals surface area (Å²) in [6.07, 6.45) is 1.30. The lowest BCUT2D eigenvalue weighted by Crippen LogP contribution is -2.43. The Morgan fingerprint density at radius 1 is 1.42 bits per heavy atom. The van der Waals surface area contributed by atoms with E-state index in [2.05, 4.69) is 48.1 Å². The first-order valence-electron chi connectivity index (χ1n) is 8.41. The van der Waals surface area contributed by atoms with Crippen LogP contribution in [0.25, 0.3) is 10.9 Å². The van der Waals surface area contributed by atoms with Crippen LogP contribution in [0.4, 0.5) is 0 Å². The van der Waals surface area contributed by atoms with Crippen LogP contribution in [0.1, 0.15) is 36.8 Å². The van der Waals surface area contributed by atoms with Gasteiger partial charge in [0.15, 0.2) is 0 Å². The smallest absolute Gasteiger partial charge is 0.229 e. The first kappa shape index (κ1) is 15.4. The number of fused-ring (bicyclic) bond motifs is 3. The normalized spacial score (nSPS) is 17.5. The van der Waals surface area contributed by atoms with E-state index in [1.165, 1.54) is 33.5 Å². The zero-order chi connectivity index (χ0) is 16.7. The fourth-order valence-electron chi connectivity index (χ4n) is 3.82. The van der Waals surface area contributed by atoms with Gasteiger partial charge in [0.2, 0.25) is 5.91 Å². The first-order valence-corrected chi connectivity index (χ1v) is 9.35. The molecule has 1 aliphatic heterocycles. The second-order valence-corrected chi connectivity index (χ2v) is 7.46. The Bertz CT molecular complexity index is 866. The van der Waals surface area contributed by atoms with E-state index in [0.29, 0.717) is 12.3 Å². The number of nitrogens with zero attached hydrogens (tertiary/aromatic N) is 2. The van der Waals surface area contributed by atoms with Crippen LogP contribution >= 0.6 is 11.3 Å². The quantitative estimate of drug-likeness (QED) is 0.785. The van der Waals surface area contributed by atoms with Crippen molar-refractivity contribution in [1.29, 1.82) is 0 Å². The van der Waals surface area contributed by atoms with Crippen LogP contribution in [0.2, 0.25) is 0 Å². The molecule has 3 aromatic rings. The zero-order valence-corrected chi connectivity index (χ0v) is 14.8. The molecule has 2 aromatic heterocycles. The molecular formula is C19H21N3OS. The number of aromatic nitrogens is 2. The zero-order valence-electron chi connectivity index (χ0n) is 14.0. The van der Waals surface area contributed by atoms with Crippen LogP contribution in [0.3, 0.4) is 0 Å². The number of hydrogen-bond donors (Lipinski definition) is 1. The van der Waals surface area contributed by atoms with Gasteiger partial charge in [0.05, 0.1) is 23.7 Å². The summed E-state index contributed by atoms with van der Waals surface area (Å²) in [5.74, 6) is 0.528. The van der Waals surface area contributed by atoms with Crippen molar-refractivity contribution in [1.82, 2.24) is 14.9 Å². The molecule has 5 heteroatoms. The number of nitrogens with one attached hydrogen (secondary N) is 1. The highest BCUT2D eigenvalue weighted by molar-refractivity contribution is 7.07. The maximum Gasteiger partial charge on any atom is 0.229 e. The largest absolute Gasteiger partial charge is 0.356 e. The molecule has 0 spiro atoms. The monoisotopic (exact) mass is 339 g/mol. The number of thiazole rings is 1. The van der Waals surface area contributed by atoms with Gasteiger partial charge in [0.25, 0.3) is 0 Å². The van der Waals surface area contributed by atoms with Crippen LogP contribution < -0.4 is 0 Å². The summed E-state index contributed by atoms with van der Waals surface area (Å²) in [5, 5.41) is 3.25. The van der Waals surface area contributed by atoms with Crippen molar-refractivity contribution in [3.8, 4) is 0 Å². The Kier molecular flexibility index (Phi) is 3.88. The van der Waals surface area contributed by atoms with E-state index in [0.717, 1.165) is 18.7 Å². The third kappa shape index (κ3) is 2.53.